The van der Waals surface area contributed by atoms with Crippen molar-refractivity contribution in [3.8, 4) is 0 Å². The first kappa shape index (κ1) is 9.20. The molecule has 0 aliphatic heterocycles. The van der Waals surface area contributed by atoms with Crippen molar-refractivity contribution in [3.05, 3.63) is 30.1 Å². The van der Waals surface area contributed by atoms with Gasteiger partial charge in [0.05, 0.1) is 0 Å². The molecule has 0 aliphatic carbocycles. The zero-order valence-corrected chi connectivity index (χ0v) is 8.04. The molecule has 2 heteroatoms. The highest BCUT2D eigenvalue weighted by atomic mass is 14.9. The number of pyridine rings is 1. The summed E-state index contributed by atoms with van der Waals surface area (Å²) in [6.45, 7) is 5.26. The lowest BCUT2D eigenvalue weighted by molar-refractivity contribution is -0.671. The molecule has 66 valence electrons. The van der Waals surface area contributed by atoms with Crippen LogP contribution in [0.1, 0.15) is 19.4 Å². The number of hydrogen-bond acceptors (Lipinski definition) is 1. The topological polar surface area (TPSA) is 15.9 Å². The minimum absolute atomic E-state index is 0.551. The number of aryl methyl sites for hydroxylation is 1. The Morgan fingerprint density at radius 3 is 2.83 bits per heavy atom. The predicted octanol–water partition coefficient (Wildman–Crippen LogP) is 1.01. The van der Waals surface area contributed by atoms with E-state index in [-0.39, 0.29) is 0 Å². The second-order valence-corrected chi connectivity index (χ2v) is 3.41. The fourth-order valence-electron chi connectivity index (χ4n) is 1.08. The molecular formula is C10H17N2+. The molecule has 0 aromatic carbocycles. The Morgan fingerprint density at radius 2 is 2.25 bits per heavy atom. The Morgan fingerprint density at radius 1 is 1.50 bits per heavy atom. The highest BCUT2D eigenvalue weighted by molar-refractivity contribution is 5.04. The Balaban J connectivity index is 2.52. The molecule has 1 N–H and O–H groups in total. The molecule has 0 saturated heterocycles. The summed E-state index contributed by atoms with van der Waals surface area (Å²) in [4.78, 5) is 0. The highest BCUT2D eigenvalue weighted by Crippen LogP contribution is 1.93. The van der Waals surface area contributed by atoms with Gasteiger partial charge < -0.3 is 5.32 Å². The van der Waals surface area contributed by atoms with Crippen LogP contribution in [0.2, 0.25) is 0 Å². The van der Waals surface area contributed by atoms with Gasteiger partial charge in [-0.15, -0.1) is 0 Å². The molecule has 2 nitrogen and oxygen atoms in total. The van der Waals surface area contributed by atoms with Gasteiger partial charge >= 0.3 is 0 Å². The molecule has 0 amide bonds. The summed E-state index contributed by atoms with van der Waals surface area (Å²) in [5.41, 5.74) is 1.33. The van der Waals surface area contributed by atoms with Crippen LogP contribution in [0.4, 0.5) is 0 Å². The first-order valence-electron chi connectivity index (χ1n) is 4.36. The zero-order chi connectivity index (χ0) is 8.97. The molecule has 0 saturated carbocycles. The van der Waals surface area contributed by atoms with Gasteiger partial charge in [0.1, 0.15) is 7.05 Å². The van der Waals surface area contributed by atoms with E-state index >= 15 is 0 Å². The Bertz CT molecular complexity index is 243. The number of rotatable bonds is 3. The van der Waals surface area contributed by atoms with Crippen molar-refractivity contribution in [3.63, 3.8) is 0 Å². The van der Waals surface area contributed by atoms with Crippen LogP contribution in [0.5, 0.6) is 0 Å². The average Bonchev–Trinajstić information content (AvgIpc) is 2.01. The summed E-state index contributed by atoms with van der Waals surface area (Å²) in [5.74, 6) is 0. The number of aromatic nitrogens is 1. The van der Waals surface area contributed by atoms with Gasteiger partial charge in [0.15, 0.2) is 12.4 Å². The van der Waals surface area contributed by atoms with Crippen LogP contribution in [0, 0.1) is 0 Å². The predicted molar refractivity (Wildman–Crippen MR) is 49.6 cm³/mol. The van der Waals surface area contributed by atoms with E-state index in [0.29, 0.717) is 6.04 Å². The molecule has 0 fully saturated rings. The Labute approximate surface area is 74.2 Å². The maximum absolute atomic E-state index is 3.38. The lowest BCUT2D eigenvalue weighted by Crippen LogP contribution is -2.29. The largest absolute Gasteiger partial charge is 0.310 e. The van der Waals surface area contributed by atoms with Crippen LogP contribution in [0.15, 0.2) is 24.5 Å². The lowest BCUT2D eigenvalue weighted by Gasteiger charge is -2.06. The Hall–Kier alpha value is -0.890. The van der Waals surface area contributed by atoms with E-state index in [1.165, 1.54) is 5.56 Å². The van der Waals surface area contributed by atoms with Crippen molar-refractivity contribution < 1.29 is 4.57 Å². The molecule has 1 rings (SSSR count). The molecule has 12 heavy (non-hydrogen) atoms. The number of nitrogens with one attached hydrogen (secondary N) is 1. The third kappa shape index (κ3) is 3.01. The fourth-order valence-corrected chi connectivity index (χ4v) is 1.08. The van der Waals surface area contributed by atoms with Gasteiger partial charge in [-0.05, 0) is 6.07 Å². The minimum Gasteiger partial charge on any atom is -0.310 e. The highest BCUT2D eigenvalue weighted by Gasteiger charge is 1.98. The van der Waals surface area contributed by atoms with Crippen molar-refractivity contribution in [2.24, 2.45) is 7.05 Å². The second-order valence-electron chi connectivity index (χ2n) is 3.41. The molecule has 0 bridgehead atoms. The normalized spacial score (nSPS) is 10.7. The van der Waals surface area contributed by atoms with Gasteiger partial charge in [0, 0.05) is 24.2 Å². The smallest absolute Gasteiger partial charge is 0.173 e. The molecule has 0 radical (unpaired) electrons. The summed E-state index contributed by atoms with van der Waals surface area (Å²) in [5, 5.41) is 3.38. The second kappa shape index (κ2) is 4.21. The molecule has 0 unspecified atom stereocenters. The van der Waals surface area contributed by atoms with Gasteiger partial charge in [0.2, 0.25) is 0 Å². The zero-order valence-electron chi connectivity index (χ0n) is 8.04. The fraction of sp³-hybridized carbons (Fsp3) is 0.500. The molecule has 1 heterocycles. The van der Waals surface area contributed by atoms with Crippen LogP contribution in [0.3, 0.4) is 0 Å². The number of nitrogens with zero attached hydrogens (tertiary/aromatic N) is 1. The van der Waals surface area contributed by atoms with Crippen molar-refractivity contribution in [1.29, 1.82) is 0 Å². The average molecular weight is 165 g/mol. The summed E-state index contributed by atoms with van der Waals surface area (Å²) >= 11 is 0. The van der Waals surface area contributed by atoms with E-state index in [1.807, 2.05) is 13.2 Å². The monoisotopic (exact) mass is 165 g/mol. The van der Waals surface area contributed by atoms with Crippen LogP contribution >= 0.6 is 0 Å². The molecule has 1 aromatic heterocycles. The first-order chi connectivity index (χ1) is 5.68. The lowest BCUT2D eigenvalue weighted by atomic mass is 10.2. The van der Waals surface area contributed by atoms with E-state index in [4.69, 9.17) is 0 Å². The van der Waals surface area contributed by atoms with Crippen LogP contribution in [-0.4, -0.2) is 6.04 Å². The molecule has 0 aliphatic rings. The van der Waals surface area contributed by atoms with Crippen molar-refractivity contribution in [2.75, 3.05) is 0 Å². The van der Waals surface area contributed by atoms with E-state index in [2.05, 4.69) is 42.1 Å². The van der Waals surface area contributed by atoms with Crippen LogP contribution < -0.4 is 9.88 Å². The molecule has 0 spiro atoms. The SMILES string of the molecule is CC(C)NCc1ccc[n+](C)c1. The summed E-state index contributed by atoms with van der Waals surface area (Å²) in [7, 11) is 2.04. The minimum atomic E-state index is 0.551. The van der Waals surface area contributed by atoms with E-state index in [0.717, 1.165) is 6.54 Å². The molecule has 0 atom stereocenters. The summed E-state index contributed by atoms with van der Waals surface area (Å²) in [6.07, 6.45) is 4.17. The van der Waals surface area contributed by atoms with Gasteiger partial charge in [0.25, 0.3) is 0 Å². The Kier molecular flexibility index (Phi) is 3.23. The standard InChI is InChI=1S/C10H17N2/c1-9(2)11-7-10-5-4-6-12(3)8-10/h4-6,8-9,11H,7H2,1-3H3/q+1. The third-order valence-electron chi connectivity index (χ3n) is 1.72. The van der Waals surface area contributed by atoms with Gasteiger partial charge in [-0.25, -0.2) is 4.57 Å². The first-order valence-corrected chi connectivity index (χ1v) is 4.36. The van der Waals surface area contributed by atoms with Crippen molar-refractivity contribution in [1.82, 2.24) is 5.32 Å². The van der Waals surface area contributed by atoms with Crippen molar-refractivity contribution >= 4 is 0 Å². The maximum atomic E-state index is 3.38. The number of hydrogen-bond donors (Lipinski definition) is 1. The van der Waals surface area contributed by atoms with Crippen LogP contribution in [0.25, 0.3) is 0 Å². The van der Waals surface area contributed by atoms with Gasteiger partial charge in [-0.1, -0.05) is 13.8 Å². The van der Waals surface area contributed by atoms with Gasteiger partial charge in [-0.3, -0.25) is 0 Å². The van der Waals surface area contributed by atoms with E-state index in [1.54, 1.807) is 0 Å². The van der Waals surface area contributed by atoms with E-state index < -0.39 is 0 Å². The van der Waals surface area contributed by atoms with Crippen molar-refractivity contribution in [2.45, 2.75) is 26.4 Å². The van der Waals surface area contributed by atoms with Gasteiger partial charge in [-0.2, -0.15) is 0 Å². The molecular weight excluding hydrogens is 148 g/mol. The molecule has 1 aromatic rings. The summed E-state index contributed by atoms with van der Waals surface area (Å²) < 4.78 is 2.07. The summed E-state index contributed by atoms with van der Waals surface area (Å²) in [6, 6.07) is 4.75. The maximum Gasteiger partial charge on any atom is 0.173 e. The quantitative estimate of drug-likeness (QED) is 0.661. The van der Waals surface area contributed by atoms with Crippen LogP contribution in [-0.2, 0) is 13.6 Å². The van der Waals surface area contributed by atoms with E-state index in [9.17, 15) is 0 Å². The third-order valence-corrected chi connectivity index (χ3v) is 1.72.